The summed E-state index contributed by atoms with van der Waals surface area (Å²) >= 11 is 0. The zero-order chi connectivity index (χ0) is 0. The van der Waals surface area contributed by atoms with Crippen LogP contribution >= 0.6 is 0 Å². The molecule has 0 N–H and O–H groups in total. The van der Waals surface area contributed by atoms with Crippen LogP contribution in [0.15, 0.2) is 0 Å². The molecular weight excluding hydrogens is 280 g/mol. The molecule has 0 rings (SSSR count). The number of thiol groups is 2. The van der Waals surface area contributed by atoms with E-state index >= 15 is 0 Å². The maximum absolute atomic E-state index is 0. The Labute approximate surface area is 83.3 Å². The smallest absolute Gasteiger partial charge is 0.813 e. The SMILES string of the molecule is [CH3-].[CH3-].[Mo+3].[Mo].[SH-].[SH-]. The van der Waals surface area contributed by atoms with E-state index in [1.165, 1.54) is 0 Å². The fourth-order valence-corrected chi connectivity index (χ4v) is 0. The van der Waals surface area contributed by atoms with Crippen LogP contribution in [0.25, 0.3) is 0 Å². The summed E-state index contributed by atoms with van der Waals surface area (Å²) < 4.78 is 0. The van der Waals surface area contributed by atoms with E-state index in [1.807, 2.05) is 0 Å². The molecular formula is C2H8Mo2S2-. The molecule has 0 spiro atoms. The molecule has 0 saturated heterocycles. The van der Waals surface area contributed by atoms with E-state index in [9.17, 15) is 0 Å². The average Bonchev–Trinajstić information content (AvgIpc) is 0. The average molecular weight is 288 g/mol. The van der Waals surface area contributed by atoms with Crippen LogP contribution in [-0.2, 0) is 69.1 Å². The van der Waals surface area contributed by atoms with Gasteiger partial charge in [-0.3, -0.25) is 0 Å². The van der Waals surface area contributed by atoms with Crippen LogP contribution in [0.3, 0.4) is 0 Å². The predicted octanol–water partition coefficient (Wildman–Crippen LogP) is 0.355. The Morgan fingerprint density at radius 2 is 0.667 bits per heavy atom. The van der Waals surface area contributed by atoms with Crippen LogP contribution in [0.2, 0.25) is 0 Å². The Kier molecular flexibility index (Phi) is 947. The van der Waals surface area contributed by atoms with Crippen LogP contribution in [0.4, 0.5) is 0 Å². The van der Waals surface area contributed by atoms with Gasteiger partial charge >= 0.3 is 21.1 Å². The zero-order valence-corrected chi connectivity index (χ0v) is 9.51. The van der Waals surface area contributed by atoms with E-state index in [2.05, 4.69) is 0 Å². The minimum atomic E-state index is 0. The first-order valence-electron chi connectivity index (χ1n) is 0. The van der Waals surface area contributed by atoms with Crippen molar-refractivity contribution < 1.29 is 42.1 Å². The second-order valence-corrected chi connectivity index (χ2v) is 0. The standard InChI is InChI=1S/2CH3.2Mo.2H2S/h2*1H3;;;2*1H2/q2*-1;;+3;;/p-2. The van der Waals surface area contributed by atoms with Gasteiger partial charge in [-0.25, -0.2) is 0 Å². The molecule has 0 aromatic heterocycles. The van der Waals surface area contributed by atoms with Gasteiger partial charge in [0.15, 0.2) is 0 Å². The normalized spacial score (nSPS) is 0. The molecule has 0 atom stereocenters. The van der Waals surface area contributed by atoms with Crippen molar-refractivity contribution in [3.05, 3.63) is 14.9 Å². The van der Waals surface area contributed by atoms with Gasteiger partial charge in [0.2, 0.25) is 0 Å². The van der Waals surface area contributed by atoms with Crippen LogP contribution < -0.4 is 0 Å². The maximum Gasteiger partial charge on any atom is 3.00 e. The third kappa shape index (κ3) is 36.3. The minimum Gasteiger partial charge on any atom is -0.813 e. The Balaban J connectivity index is 0. The molecule has 0 heterocycles. The van der Waals surface area contributed by atoms with E-state index in [1.54, 1.807) is 0 Å². The predicted molar refractivity (Wildman–Crippen MR) is 30.3 cm³/mol. The van der Waals surface area contributed by atoms with E-state index in [0.29, 0.717) is 0 Å². The Hall–Kier alpha value is 2.08. The topological polar surface area (TPSA) is 0 Å². The van der Waals surface area contributed by atoms with E-state index < -0.39 is 0 Å². The van der Waals surface area contributed by atoms with Crippen molar-refractivity contribution in [1.29, 1.82) is 0 Å². The molecule has 0 aliphatic carbocycles. The first kappa shape index (κ1) is 93.8. The second kappa shape index (κ2) is 60.6. The summed E-state index contributed by atoms with van der Waals surface area (Å²) in [6.45, 7) is 0. The molecule has 0 nitrogen and oxygen atoms in total. The van der Waals surface area contributed by atoms with Gasteiger partial charge in [0.05, 0.1) is 0 Å². The third-order valence-electron chi connectivity index (χ3n) is 0. The molecule has 1 radical (unpaired) electrons. The van der Waals surface area contributed by atoms with Gasteiger partial charge in [-0.2, -0.15) is 0 Å². The summed E-state index contributed by atoms with van der Waals surface area (Å²) in [6, 6.07) is 0. The first-order valence-corrected chi connectivity index (χ1v) is 0. The molecule has 0 aromatic rings. The van der Waals surface area contributed by atoms with Gasteiger partial charge in [-0.05, 0) is 0 Å². The van der Waals surface area contributed by atoms with Crippen LogP contribution in [0, 0.1) is 14.9 Å². The Morgan fingerprint density at radius 3 is 0.667 bits per heavy atom. The van der Waals surface area contributed by atoms with Crippen molar-refractivity contribution in [2.24, 2.45) is 0 Å². The minimum absolute atomic E-state index is 0. The summed E-state index contributed by atoms with van der Waals surface area (Å²) in [6.07, 6.45) is 0. The largest absolute Gasteiger partial charge is 3.00 e. The second-order valence-electron chi connectivity index (χ2n) is 0. The first-order chi connectivity index (χ1) is 0. The van der Waals surface area contributed by atoms with Gasteiger partial charge in [0.25, 0.3) is 0 Å². The van der Waals surface area contributed by atoms with E-state index in [4.69, 9.17) is 0 Å². The van der Waals surface area contributed by atoms with Gasteiger partial charge in [-0.1, -0.05) is 0 Å². The summed E-state index contributed by atoms with van der Waals surface area (Å²) in [4.78, 5) is 0. The number of rotatable bonds is 0. The number of hydrogen-bond acceptors (Lipinski definition) is 2. The van der Waals surface area contributed by atoms with E-state index in [-0.39, 0.29) is 84.0 Å². The molecule has 0 fully saturated rings. The van der Waals surface area contributed by atoms with Crippen molar-refractivity contribution in [1.82, 2.24) is 0 Å². The fraction of sp³-hybridized carbons (Fsp3) is 0. The number of hydrogen-bond donors (Lipinski definition) is 0. The monoisotopic (exact) mass is 292 g/mol. The molecule has 0 saturated carbocycles. The van der Waals surface area contributed by atoms with Gasteiger partial charge in [0, 0.05) is 21.1 Å². The van der Waals surface area contributed by atoms with Crippen molar-refractivity contribution in [2.75, 3.05) is 0 Å². The Morgan fingerprint density at radius 1 is 0.667 bits per heavy atom. The molecule has 0 unspecified atom stereocenters. The summed E-state index contributed by atoms with van der Waals surface area (Å²) in [5.74, 6) is 0. The molecule has 41 valence electrons. The summed E-state index contributed by atoms with van der Waals surface area (Å²) in [7, 11) is 0. The van der Waals surface area contributed by atoms with Crippen molar-refractivity contribution in [2.45, 2.75) is 0 Å². The zero-order valence-electron chi connectivity index (χ0n) is 3.71. The quantitative estimate of drug-likeness (QED) is 0.273. The molecule has 4 heteroatoms. The molecule has 0 amide bonds. The summed E-state index contributed by atoms with van der Waals surface area (Å²) in [5, 5.41) is 0. The van der Waals surface area contributed by atoms with Gasteiger partial charge < -0.3 is 41.8 Å². The van der Waals surface area contributed by atoms with Crippen LogP contribution in [0.5, 0.6) is 0 Å². The fourth-order valence-electron chi connectivity index (χ4n) is 0. The molecule has 0 aliphatic rings. The van der Waals surface area contributed by atoms with Crippen molar-refractivity contribution in [3.8, 4) is 0 Å². The molecule has 0 aliphatic heterocycles. The van der Waals surface area contributed by atoms with Gasteiger partial charge in [0.1, 0.15) is 0 Å². The molecule has 0 bridgehead atoms. The van der Waals surface area contributed by atoms with Gasteiger partial charge in [-0.15, -0.1) is 0 Å². The Bertz CT molecular complexity index is 9.51. The van der Waals surface area contributed by atoms with Crippen molar-refractivity contribution in [3.63, 3.8) is 0 Å². The summed E-state index contributed by atoms with van der Waals surface area (Å²) in [5.41, 5.74) is 0. The van der Waals surface area contributed by atoms with Crippen LogP contribution in [-0.4, -0.2) is 0 Å². The maximum atomic E-state index is 0. The third-order valence-corrected chi connectivity index (χ3v) is 0. The molecule has 6 heavy (non-hydrogen) atoms. The van der Waals surface area contributed by atoms with Crippen molar-refractivity contribution >= 4 is 27.0 Å². The van der Waals surface area contributed by atoms with Crippen LogP contribution in [0.1, 0.15) is 0 Å². The molecule has 0 aromatic carbocycles. The van der Waals surface area contributed by atoms with E-state index in [0.717, 1.165) is 0 Å².